The van der Waals surface area contributed by atoms with Crippen molar-refractivity contribution >= 4 is 22.8 Å². The third kappa shape index (κ3) is 4.88. The highest BCUT2D eigenvalue weighted by molar-refractivity contribution is 6.04. The molecule has 2 aromatic carbocycles. The van der Waals surface area contributed by atoms with Crippen molar-refractivity contribution in [1.82, 2.24) is 14.5 Å². The first-order valence-electron chi connectivity index (χ1n) is 12.4. The van der Waals surface area contributed by atoms with E-state index in [1.54, 1.807) is 35.4 Å². The summed E-state index contributed by atoms with van der Waals surface area (Å²) in [6, 6.07) is 14.7. The van der Waals surface area contributed by atoms with Crippen LogP contribution in [0.3, 0.4) is 0 Å². The number of amides is 1. The summed E-state index contributed by atoms with van der Waals surface area (Å²) >= 11 is 0. The number of halogens is 2. The normalized spacial score (nSPS) is 16.3. The molecule has 5 rings (SSSR count). The van der Waals surface area contributed by atoms with Crippen molar-refractivity contribution in [2.45, 2.75) is 39.3 Å². The highest BCUT2D eigenvalue weighted by Crippen LogP contribution is 2.39. The van der Waals surface area contributed by atoms with Gasteiger partial charge in [-0.25, -0.2) is 18.6 Å². The van der Waals surface area contributed by atoms with Gasteiger partial charge in [0.25, 0.3) is 0 Å². The van der Waals surface area contributed by atoms with Crippen molar-refractivity contribution in [2.24, 2.45) is 0 Å². The number of aromatic nitrogens is 2. The zero-order chi connectivity index (χ0) is 26.3. The number of pyridine rings is 1. The molecule has 2 aromatic heterocycles. The van der Waals surface area contributed by atoms with E-state index in [0.717, 1.165) is 10.9 Å². The second-order valence-corrected chi connectivity index (χ2v) is 10.4. The third-order valence-corrected chi connectivity index (χ3v) is 6.50. The van der Waals surface area contributed by atoms with Gasteiger partial charge in [-0.15, -0.1) is 0 Å². The van der Waals surface area contributed by atoms with Gasteiger partial charge in [-0.2, -0.15) is 0 Å². The molecule has 0 saturated carbocycles. The number of nitrogens with zero attached hydrogens (tertiary/aromatic N) is 4. The minimum absolute atomic E-state index is 0.0645. The highest BCUT2D eigenvalue weighted by atomic mass is 19.1. The summed E-state index contributed by atoms with van der Waals surface area (Å²) in [6.45, 7) is 9.05. The van der Waals surface area contributed by atoms with Crippen LogP contribution >= 0.6 is 0 Å². The third-order valence-electron chi connectivity index (χ3n) is 6.50. The quantitative estimate of drug-likeness (QED) is 0.323. The van der Waals surface area contributed by atoms with Crippen LogP contribution in [0.4, 0.5) is 19.4 Å². The van der Waals surface area contributed by atoms with Gasteiger partial charge in [-0.1, -0.05) is 24.3 Å². The Morgan fingerprint density at radius 1 is 1.03 bits per heavy atom. The van der Waals surface area contributed by atoms with Crippen LogP contribution in [0.25, 0.3) is 27.7 Å². The molecule has 1 saturated heterocycles. The van der Waals surface area contributed by atoms with E-state index in [2.05, 4.69) is 4.90 Å². The molecule has 0 bridgehead atoms. The molecule has 1 fully saturated rings. The Kier molecular flexibility index (Phi) is 6.35. The van der Waals surface area contributed by atoms with Crippen LogP contribution < -0.4 is 4.90 Å². The molecule has 192 valence electrons. The number of carbonyl (C=O) groups is 1. The standard InChI is InChI=1S/C29H30F2N4O2/c1-19-17-33(28(36)37-29(2,3)4)14-15-34(19)27-26-23(22-10-5-6-11-24(22)31)18-35(25(26)12-13-32-27)21-9-7-8-20(30)16-21/h5-13,16,18-19H,14-15,17H2,1-4H3/t19-/m0/s1. The van der Waals surface area contributed by atoms with Crippen LogP contribution in [-0.2, 0) is 4.74 Å². The van der Waals surface area contributed by atoms with E-state index in [-0.39, 0.29) is 23.8 Å². The molecular formula is C29H30F2N4O2. The monoisotopic (exact) mass is 504 g/mol. The van der Waals surface area contributed by atoms with Crippen LogP contribution in [0, 0.1) is 11.6 Å². The zero-order valence-electron chi connectivity index (χ0n) is 21.4. The number of piperazine rings is 1. The molecule has 1 amide bonds. The van der Waals surface area contributed by atoms with E-state index in [4.69, 9.17) is 9.72 Å². The van der Waals surface area contributed by atoms with Crippen molar-refractivity contribution in [3.05, 3.63) is 78.6 Å². The summed E-state index contributed by atoms with van der Waals surface area (Å²) in [5.74, 6) is -0.00593. The van der Waals surface area contributed by atoms with Crippen molar-refractivity contribution < 1.29 is 18.3 Å². The van der Waals surface area contributed by atoms with Gasteiger partial charge in [0.2, 0.25) is 0 Å². The second-order valence-electron chi connectivity index (χ2n) is 10.4. The lowest BCUT2D eigenvalue weighted by Crippen LogP contribution is -2.54. The molecule has 6 nitrogen and oxygen atoms in total. The Hall–Kier alpha value is -3.94. The van der Waals surface area contributed by atoms with Gasteiger partial charge in [0.1, 0.15) is 23.1 Å². The Balaban J connectivity index is 1.61. The number of benzene rings is 2. The number of hydrogen-bond donors (Lipinski definition) is 0. The summed E-state index contributed by atoms with van der Waals surface area (Å²) in [7, 11) is 0. The molecule has 4 aromatic rings. The summed E-state index contributed by atoms with van der Waals surface area (Å²) in [5, 5.41) is 0.773. The molecule has 0 N–H and O–H groups in total. The number of hydrogen-bond acceptors (Lipinski definition) is 4. The Morgan fingerprint density at radius 2 is 1.81 bits per heavy atom. The van der Waals surface area contributed by atoms with Gasteiger partial charge >= 0.3 is 6.09 Å². The molecule has 0 aliphatic carbocycles. The molecule has 0 spiro atoms. The fourth-order valence-corrected chi connectivity index (χ4v) is 4.87. The first-order valence-corrected chi connectivity index (χ1v) is 12.4. The summed E-state index contributed by atoms with van der Waals surface area (Å²) in [5.41, 5.74) is 1.96. The smallest absolute Gasteiger partial charge is 0.410 e. The van der Waals surface area contributed by atoms with Gasteiger partial charge in [0.05, 0.1) is 10.9 Å². The summed E-state index contributed by atoms with van der Waals surface area (Å²) < 4.78 is 36.6. The maximum Gasteiger partial charge on any atom is 0.410 e. The van der Waals surface area contributed by atoms with Crippen LogP contribution in [0.15, 0.2) is 67.0 Å². The molecule has 1 aliphatic rings. The number of fused-ring (bicyclic) bond motifs is 1. The van der Waals surface area contributed by atoms with Crippen LogP contribution in [0.5, 0.6) is 0 Å². The van der Waals surface area contributed by atoms with Crippen LogP contribution in [0.2, 0.25) is 0 Å². The van der Waals surface area contributed by atoms with Gasteiger partial charge < -0.3 is 19.1 Å². The zero-order valence-corrected chi connectivity index (χ0v) is 21.4. The largest absolute Gasteiger partial charge is 0.444 e. The maximum atomic E-state index is 15.0. The van der Waals surface area contributed by atoms with E-state index in [1.807, 2.05) is 50.6 Å². The molecule has 1 aliphatic heterocycles. The minimum Gasteiger partial charge on any atom is -0.444 e. The topological polar surface area (TPSA) is 50.6 Å². The number of ether oxygens (including phenoxy) is 1. The number of anilines is 1. The Morgan fingerprint density at radius 3 is 2.51 bits per heavy atom. The molecule has 0 unspecified atom stereocenters. The predicted octanol–water partition coefficient (Wildman–Crippen LogP) is 6.42. The fourth-order valence-electron chi connectivity index (χ4n) is 4.87. The Bertz CT molecular complexity index is 1460. The first-order chi connectivity index (χ1) is 17.6. The van der Waals surface area contributed by atoms with Crippen molar-refractivity contribution in [3.63, 3.8) is 0 Å². The van der Waals surface area contributed by atoms with Crippen molar-refractivity contribution in [3.8, 4) is 16.8 Å². The number of rotatable bonds is 3. The van der Waals surface area contributed by atoms with Crippen molar-refractivity contribution in [2.75, 3.05) is 24.5 Å². The molecular weight excluding hydrogens is 474 g/mol. The SMILES string of the molecule is C[C@H]1CN(C(=O)OC(C)(C)C)CCN1c1nccc2c1c(-c1ccccc1F)cn2-c1cccc(F)c1. The van der Waals surface area contributed by atoms with E-state index in [1.165, 1.54) is 18.2 Å². The van der Waals surface area contributed by atoms with E-state index in [0.29, 0.717) is 42.3 Å². The molecule has 37 heavy (non-hydrogen) atoms. The molecule has 8 heteroatoms. The number of carbonyl (C=O) groups excluding carboxylic acids is 1. The lowest BCUT2D eigenvalue weighted by Gasteiger charge is -2.41. The Labute approximate surface area is 215 Å². The highest BCUT2D eigenvalue weighted by Gasteiger charge is 2.32. The molecule has 0 radical (unpaired) electrons. The molecule has 3 heterocycles. The van der Waals surface area contributed by atoms with E-state index in [9.17, 15) is 9.18 Å². The lowest BCUT2D eigenvalue weighted by atomic mass is 10.0. The first kappa shape index (κ1) is 24.7. The average Bonchev–Trinajstić information content (AvgIpc) is 3.23. The van der Waals surface area contributed by atoms with E-state index < -0.39 is 5.60 Å². The predicted molar refractivity (Wildman–Crippen MR) is 141 cm³/mol. The van der Waals surface area contributed by atoms with Gasteiger partial charge in [-0.3, -0.25) is 0 Å². The molecule has 1 atom stereocenters. The average molecular weight is 505 g/mol. The summed E-state index contributed by atoms with van der Waals surface area (Å²) in [4.78, 5) is 21.3. The fraction of sp³-hybridized carbons (Fsp3) is 0.310. The van der Waals surface area contributed by atoms with Gasteiger partial charge in [0.15, 0.2) is 0 Å². The van der Waals surface area contributed by atoms with Gasteiger partial charge in [0, 0.05) is 54.9 Å². The van der Waals surface area contributed by atoms with Crippen LogP contribution in [0.1, 0.15) is 27.7 Å². The minimum atomic E-state index is -0.570. The van der Waals surface area contributed by atoms with Crippen molar-refractivity contribution in [1.29, 1.82) is 0 Å². The summed E-state index contributed by atoms with van der Waals surface area (Å²) in [6.07, 6.45) is 3.21. The van der Waals surface area contributed by atoms with Gasteiger partial charge in [-0.05, 0) is 58.0 Å². The maximum absolute atomic E-state index is 15.0. The van der Waals surface area contributed by atoms with Crippen LogP contribution in [-0.4, -0.2) is 51.8 Å². The van der Waals surface area contributed by atoms with E-state index >= 15 is 4.39 Å². The second kappa shape index (κ2) is 9.50. The lowest BCUT2D eigenvalue weighted by molar-refractivity contribution is 0.0218.